The average Bonchev–Trinajstić information content (AvgIpc) is 2.63. The highest BCUT2D eigenvalue weighted by atomic mass is 35.5. The topological polar surface area (TPSA) is 98.5 Å². The number of halogens is 1. The van der Waals surface area contributed by atoms with Gasteiger partial charge in [-0.05, 0) is 61.2 Å². The van der Waals surface area contributed by atoms with Gasteiger partial charge in [0.05, 0.1) is 11.5 Å². The summed E-state index contributed by atoms with van der Waals surface area (Å²) in [6.07, 6.45) is 3.88. The van der Waals surface area contributed by atoms with Crippen LogP contribution in [0.3, 0.4) is 0 Å². The van der Waals surface area contributed by atoms with Gasteiger partial charge in [-0.25, -0.2) is 8.42 Å². The largest absolute Gasteiger partial charge is 0.494 e. The minimum Gasteiger partial charge on any atom is -0.494 e. The Morgan fingerprint density at radius 3 is 2.29 bits per heavy atom. The lowest BCUT2D eigenvalue weighted by Crippen LogP contribution is -2.25. The molecule has 0 atom stereocenters. The van der Waals surface area contributed by atoms with E-state index in [1.54, 1.807) is 12.1 Å². The Hall–Kier alpha value is -2.25. The van der Waals surface area contributed by atoms with Gasteiger partial charge in [0.1, 0.15) is 5.75 Å². The Morgan fingerprint density at radius 1 is 1.04 bits per heavy atom. The number of benzene rings is 2. The molecule has 6 nitrogen and oxygen atoms in total. The summed E-state index contributed by atoms with van der Waals surface area (Å²) < 4.78 is 28.4. The number of ether oxygens (including phenoxy) is 1. The van der Waals surface area contributed by atoms with Gasteiger partial charge in [-0.1, -0.05) is 12.1 Å². The molecule has 0 heterocycles. The first-order valence-electron chi connectivity index (χ1n) is 8.88. The fraction of sp³-hybridized carbons (Fsp3) is 0.350. The van der Waals surface area contributed by atoms with Gasteiger partial charge < -0.3 is 15.8 Å². The van der Waals surface area contributed by atoms with Gasteiger partial charge in [0.15, 0.2) is 9.84 Å². The van der Waals surface area contributed by atoms with Gasteiger partial charge in [-0.2, -0.15) is 0 Å². The first kappa shape index (κ1) is 23.8. The van der Waals surface area contributed by atoms with Crippen molar-refractivity contribution in [2.24, 2.45) is 0 Å². The van der Waals surface area contributed by atoms with E-state index in [1.165, 1.54) is 18.4 Å². The Bertz CT molecular complexity index is 838. The van der Waals surface area contributed by atoms with Gasteiger partial charge in [-0.15, -0.1) is 12.4 Å². The number of anilines is 1. The van der Waals surface area contributed by atoms with Crippen molar-refractivity contribution in [1.82, 2.24) is 5.32 Å². The zero-order valence-electron chi connectivity index (χ0n) is 15.9. The van der Waals surface area contributed by atoms with Crippen LogP contribution in [0.4, 0.5) is 5.69 Å². The zero-order valence-corrected chi connectivity index (χ0v) is 17.5. The molecule has 1 amide bonds. The molecular formula is C20H27ClN2O4S. The summed E-state index contributed by atoms with van der Waals surface area (Å²) in [6, 6.07) is 14.0. The molecule has 0 bridgehead atoms. The molecule has 0 aromatic heterocycles. The first-order valence-corrected chi connectivity index (χ1v) is 10.8. The van der Waals surface area contributed by atoms with E-state index in [0.717, 1.165) is 30.5 Å². The van der Waals surface area contributed by atoms with Crippen LogP contribution in [-0.4, -0.2) is 33.7 Å². The van der Waals surface area contributed by atoms with Crippen LogP contribution >= 0.6 is 12.4 Å². The summed E-state index contributed by atoms with van der Waals surface area (Å²) in [5.41, 5.74) is 7.51. The molecule has 8 heteroatoms. The number of amides is 1. The maximum absolute atomic E-state index is 11.8. The number of sulfone groups is 1. The summed E-state index contributed by atoms with van der Waals surface area (Å²) in [5.74, 6) is 0.651. The number of nitrogen functional groups attached to an aromatic ring is 1. The molecule has 0 aliphatic carbocycles. The third-order valence-corrected chi connectivity index (χ3v) is 5.16. The van der Waals surface area contributed by atoms with Crippen LogP contribution in [0.5, 0.6) is 5.75 Å². The first-order chi connectivity index (χ1) is 12.8. The van der Waals surface area contributed by atoms with E-state index >= 15 is 0 Å². The van der Waals surface area contributed by atoms with Crippen molar-refractivity contribution >= 4 is 33.8 Å². The highest BCUT2D eigenvalue weighted by Crippen LogP contribution is 2.16. The minimum atomic E-state index is -3.19. The number of rotatable bonds is 10. The van der Waals surface area contributed by atoms with Gasteiger partial charge >= 0.3 is 0 Å². The molecular weight excluding hydrogens is 400 g/mol. The van der Waals surface area contributed by atoms with Crippen molar-refractivity contribution in [2.75, 3.05) is 25.1 Å². The third kappa shape index (κ3) is 8.63. The van der Waals surface area contributed by atoms with E-state index in [4.69, 9.17) is 10.5 Å². The van der Waals surface area contributed by atoms with Gasteiger partial charge in [0.2, 0.25) is 5.91 Å². The quantitative estimate of drug-likeness (QED) is 0.449. The summed E-state index contributed by atoms with van der Waals surface area (Å²) in [4.78, 5) is 12.1. The van der Waals surface area contributed by atoms with Gasteiger partial charge in [0.25, 0.3) is 0 Å². The normalized spacial score (nSPS) is 10.8. The van der Waals surface area contributed by atoms with Crippen LogP contribution in [0.15, 0.2) is 53.4 Å². The van der Waals surface area contributed by atoms with E-state index in [2.05, 4.69) is 5.32 Å². The predicted octanol–water partition coefficient (Wildman–Crippen LogP) is 3.00. The van der Waals surface area contributed by atoms with E-state index in [-0.39, 0.29) is 23.2 Å². The molecule has 0 aliphatic heterocycles. The van der Waals surface area contributed by atoms with E-state index in [9.17, 15) is 13.2 Å². The molecule has 154 valence electrons. The molecule has 0 fully saturated rings. The average molecular weight is 427 g/mol. The van der Waals surface area contributed by atoms with E-state index in [1.807, 2.05) is 24.3 Å². The molecule has 3 N–H and O–H groups in total. The van der Waals surface area contributed by atoms with Crippen molar-refractivity contribution in [1.29, 1.82) is 0 Å². The number of unbranched alkanes of at least 4 members (excludes halogenated alkanes) is 1. The fourth-order valence-electron chi connectivity index (χ4n) is 2.48. The molecule has 0 saturated heterocycles. The Kier molecular flexibility index (Phi) is 9.82. The fourth-order valence-corrected chi connectivity index (χ4v) is 3.11. The number of hydrogen-bond acceptors (Lipinski definition) is 5. The highest BCUT2D eigenvalue weighted by Gasteiger charge is 2.06. The molecule has 2 aromatic carbocycles. The summed E-state index contributed by atoms with van der Waals surface area (Å²) in [6.45, 7) is 1.09. The highest BCUT2D eigenvalue weighted by molar-refractivity contribution is 7.90. The van der Waals surface area contributed by atoms with Crippen molar-refractivity contribution in [3.8, 4) is 5.75 Å². The van der Waals surface area contributed by atoms with Crippen LogP contribution in [0, 0.1) is 0 Å². The molecule has 0 unspecified atom stereocenters. The molecule has 28 heavy (non-hydrogen) atoms. The van der Waals surface area contributed by atoms with E-state index in [0.29, 0.717) is 25.3 Å². The number of carbonyl (C=O) groups excluding carboxylic acids is 1. The maximum atomic E-state index is 11.8. The second-order valence-electron chi connectivity index (χ2n) is 6.39. The Labute approximate surface area is 172 Å². The van der Waals surface area contributed by atoms with Crippen LogP contribution < -0.4 is 15.8 Å². The predicted molar refractivity (Wildman–Crippen MR) is 114 cm³/mol. The lowest BCUT2D eigenvalue weighted by atomic mass is 10.1. The minimum absolute atomic E-state index is 0. The lowest BCUT2D eigenvalue weighted by Gasteiger charge is -2.08. The number of hydrogen-bond donors (Lipinski definition) is 2. The standard InChI is InChI=1S/C20H26N2O4S.ClH/c1-27(24,25)19-11-9-18(10-12-19)26-15-3-2-4-20(23)22-14-13-16-5-7-17(21)8-6-16;/h5-12H,2-4,13-15,21H2,1H3,(H,22,23);1H. The van der Waals surface area contributed by atoms with E-state index < -0.39 is 9.84 Å². The number of carbonyl (C=O) groups is 1. The summed E-state index contributed by atoms with van der Waals surface area (Å²) >= 11 is 0. The summed E-state index contributed by atoms with van der Waals surface area (Å²) in [7, 11) is -3.19. The third-order valence-electron chi connectivity index (χ3n) is 4.03. The molecule has 0 saturated carbocycles. The SMILES string of the molecule is CS(=O)(=O)c1ccc(OCCCCC(=O)NCCc2ccc(N)cc2)cc1.Cl. The van der Waals surface area contributed by atoms with Gasteiger partial charge in [0, 0.05) is 24.9 Å². The number of nitrogens with one attached hydrogen (secondary N) is 1. The van der Waals surface area contributed by atoms with Crippen LogP contribution in [0.2, 0.25) is 0 Å². The monoisotopic (exact) mass is 426 g/mol. The Balaban J connectivity index is 0.00000392. The second-order valence-corrected chi connectivity index (χ2v) is 8.41. The number of nitrogens with two attached hydrogens (primary N) is 1. The zero-order chi connectivity index (χ0) is 19.7. The van der Waals surface area contributed by atoms with Gasteiger partial charge in [-0.3, -0.25) is 4.79 Å². The maximum Gasteiger partial charge on any atom is 0.220 e. The molecule has 0 radical (unpaired) electrons. The van der Waals surface area contributed by atoms with Crippen molar-refractivity contribution in [3.05, 3.63) is 54.1 Å². The van der Waals surface area contributed by atoms with Crippen molar-refractivity contribution in [3.63, 3.8) is 0 Å². The smallest absolute Gasteiger partial charge is 0.220 e. The molecule has 0 aliphatic rings. The molecule has 2 aromatic rings. The summed E-state index contributed by atoms with van der Waals surface area (Å²) in [5, 5.41) is 2.91. The van der Waals surface area contributed by atoms with Crippen LogP contribution in [-0.2, 0) is 21.1 Å². The van der Waals surface area contributed by atoms with Crippen molar-refractivity contribution in [2.45, 2.75) is 30.6 Å². The molecule has 0 spiro atoms. The van der Waals surface area contributed by atoms with Crippen molar-refractivity contribution < 1.29 is 17.9 Å². The lowest BCUT2D eigenvalue weighted by molar-refractivity contribution is -0.121. The van der Waals surface area contributed by atoms with Crippen LogP contribution in [0.25, 0.3) is 0 Å². The second kappa shape index (κ2) is 11.6. The Morgan fingerprint density at radius 2 is 1.68 bits per heavy atom. The molecule has 2 rings (SSSR count). The van der Waals surface area contributed by atoms with Crippen LogP contribution in [0.1, 0.15) is 24.8 Å².